The first kappa shape index (κ1) is 12.6. The molecule has 2 rings (SSSR count). The van der Waals surface area contributed by atoms with Crippen LogP contribution in [0.2, 0.25) is 0 Å². The van der Waals surface area contributed by atoms with Crippen molar-refractivity contribution >= 4 is 0 Å². The van der Waals surface area contributed by atoms with Crippen LogP contribution in [0.25, 0.3) is 0 Å². The fourth-order valence-corrected chi connectivity index (χ4v) is 2.68. The van der Waals surface area contributed by atoms with Gasteiger partial charge in [0.15, 0.2) is 0 Å². The molecule has 96 valence electrons. The van der Waals surface area contributed by atoms with Crippen LogP contribution in [0.4, 0.5) is 0 Å². The SMILES string of the molecule is CCc1cc(CC(C)(CN)C2CC2)n(CC)n1. The Labute approximate surface area is 104 Å². The van der Waals surface area contributed by atoms with Gasteiger partial charge in [-0.3, -0.25) is 4.68 Å². The van der Waals surface area contributed by atoms with E-state index in [9.17, 15) is 0 Å². The van der Waals surface area contributed by atoms with Gasteiger partial charge in [0.1, 0.15) is 0 Å². The summed E-state index contributed by atoms with van der Waals surface area (Å²) in [5, 5.41) is 4.62. The number of hydrogen-bond donors (Lipinski definition) is 1. The molecule has 1 atom stereocenters. The molecule has 1 aliphatic carbocycles. The monoisotopic (exact) mass is 235 g/mol. The largest absolute Gasteiger partial charge is 0.330 e. The van der Waals surface area contributed by atoms with Crippen LogP contribution in [0.1, 0.15) is 45.0 Å². The summed E-state index contributed by atoms with van der Waals surface area (Å²) in [5.74, 6) is 0.831. The number of rotatable bonds is 6. The summed E-state index contributed by atoms with van der Waals surface area (Å²) in [6.07, 6.45) is 4.81. The fourth-order valence-electron chi connectivity index (χ4n) is 2.68. The van der Waals surface area contributed by atoms with E-state index in [1.54, 1.807) is 0 Å². The summed E-state index contributed by atoms with van der Waals surface area (Å²) in [6.45, 7) is 8.40. The van der Waals surface area contributed by atoms with Gasteiger partial charge in [-0.1, -0.05) is 13.8 Å². The average Bonchev–Trinajstić information content (AvgIpc) is 3.12. The lowest BCUT2D eigenvalue weighted by molar-refractivity contribution is 0.274. The van der Waals surface area contributed by atoms with Gasteiger partial charge in [0, 0.05) is 12.2 Å². The maximum Gasteiger partial charge on any atom is 0.0624 e. The predicted octanol–water partition coefficient (Wildman–Crippen LogP) is 2.38. The molecule has 3 nitrogen and oxygen atoms in total. The zero-order valence-corrected chi connectivity index (χ0v) is 11.4. The van der Waals surface area contributed by atoms with Crippen molar-refractivity contribution in [2.75, 3.05) is 6.54 Å². The highest BCUT2D eigenvalue weighted by atomic mass is 15.3. The van der Waals surface area contributed by atoms with Crippen molar-refractivity contribution in [1.29, 1.82) is 0 Å². The Hall–Kier alpha value is -0.830. The molecule has 17 heavy (non-hydrogen) atoms. The fraction of sp³-hybridized carbons (Fsp3) is 0.786. The summed E-state index contributed by atoms with van der Waals surface area (Å²) in [7, 11) is 0. The molecule has 1 aliphatic rings. The molecular weight excluding hydrogens is 210 g/mol. The lowest BCUT2D eigenvalue weighted by atomic mass is 9.80. The first-order valence-electron chi connectivity index (χ1n) is 6.88. The number of nitrogens with two attached hydrogens (primary N) is 1. The van der Waals surface area contributed by atoms with E-state index in [1.165, 1.54) is 24.2 Å². The molecule has 1 aromatic rings. The minimum Gasteiger partial charge on any atom is -0.330 e. The highest BCUT2D eigenvalue weighted by molar-refractivity contribution is 5.14. The summed E-state index contributed by atoms with van der Waals surface area (Å²) in [5.41, 5.74) is 8.84. The van der Waals surface area contributed by atoms with Crippen LogP contribution in [0, 0.1) is 11.3 Å². The Morgan fingerprint density at radius 1 is 1.47 bits per heavy atom. The molecule has 0 aromatic carbocycles. The molecule has 1 unspecified atom stereocenters. The van der Waals surface area contributed by atoms with Gasteiger partial charge in [-0.05, 0) is 56.6 Å². The molecule has 2 N–H and O–H groups in total. The quantitative estimate of drug-likeness (QED) is 0.822. The molecule has 1 aromatic heterocycles. The summed E-state index contributed by atoms with van der Waals surface area (Å²) >= 11 is 0. The molecule has 1 heterocycles. The lowest BCUT2D eigenvalue weighted by Crippen LogP contribution is -2.32. The summed E-state index contributed by atoms with van der Waals surface area (Å²) < 4.78 is 2.15. The Bertz CT molecular complexity index is 379. The maximum atomic E-state index is 6.00. The van der Waals surface area contributed by atoms with E-state index in [2.05, 4.69) is 36.6 Å². The van der Waals surface area contributed by atoms with Crippen molar-refractivity contribution in [2.24, 2.45) is 17.1 Å². The third-order valence-corrected chi connectivity index (χ3v) is 4.19. The molecule has 0 aliphatic heterocycles. The lowest BCUT2D eigenvalue weighted by Gasteiger charge is -2.28. The van der Waals surface area contributed by atoms with E-state index in [-0.39, 0.29) is 5.41 Å². The van der Waals surface area contributed by atoms with E-state index in [1.807, 2.05) is 0 Å². The molecule has 1 fully saturated rings. The van der Waals surface area contributed by atoms with Crippen LogP contribution in [0.3, 0.4) is 0 Å². The highest BCUT2D eigenvalue weighted by Crippen LogP contribution is 2.46. The molecule has 0 amide bonds. The normalized spacial score (nSPS) is 19.3. The van der Waals surface area contributed by atoms with Crippen molar-refractivity contribution in [2.45, 2.75) is 53.0 Å². The van der Waals surface area contributed by atoms with E-state index < -0.39 is 0 Å². The van der Waals surface area contributed by atoms with Gasteiger partial charge in [-0.25, -0.2) is 0 Å². The smallest absolute Gasteiger partial charge is 0.0624 e. The summed E-state index contributed by atoms with van der Waals surface area (Å²) in [4.78, 5) is 0. The van der Waals surface area contributed by atoms with E-state index >= 15 is 0 Å². The standard InChI is InChI=1S/C14H25N3/c1-4-12-8-13(17(5-2)16-12)9-14(3,10-15)11-6-7-11/h8,11H,4-7,9-10,15H2,1-3H3. The molecule has 0 bridgehead atoms. The molecule has 0 radical (unpaired) electrons. The Morgan fingerprint density at radius 3 is 2.65 bits per heavy atom. The van der Waals surface area contributed by atoms with Gasteiger partial charge in [0.25, 0.3) is 0 Å². The molecule has 0 spiro atoms. The van der Waals surface area contributed by atoms with Gasteiger partial charge in [0.05, 0.1) is 5.69 Å². The van der Waals surface area contributed by atoms with Gasteiger partial charge in [0.2, 0.25) is 0 Å². The zero-order valence-electron chi connectivity index (χ0n) is 11.4. The van der Waals surface area contributed by atoms with Crippen molar-refractivity contribution in [1.82, 2.24) is 9.78 Å². The van der Waals surface area contributed by atoms with Crippen LogP contribution < -0.4 is 5.73 Å². The molecule has 0 saturated heterocycles. The molecular formula is C14H25N3. The third-order valence-electron chi connectivity index (χ3n) is 4.19. The van der Waals surface area contributed by atoms with Crippen molar-refractivity contribution in [3.05, 3.63) is 17.5 Å². The van der Waals surface area contributed by atoms with Crippen LogP contribution in [-0.2, 0) is 19.4 Å². The first-order valence-corrected chi connectivity index (χ1v) is 6.88. The third kappa shape index (κ3) is 2.54. The number of nitrogens with zero attached hydrogens (tertiary/aromatic N) is 2. The first-order chi connectivity index (χ1) is 8.12. The maximum absolute atomic E-state index is 6.00. The Balaban J connectivity index is 2.18. The van der Waals surface area contributed by atoms with Crippen LogP contribution in [-0.4, -0.2) is 16.3 Å². The predicted molar refractivity (Wildman–Crippen MR) is 70.9 cm³/mol. The van der Waals surface area contributed by atoms with Gasteiger partial charge >= 0.3 is 0 Å². The number of aryl methyl sites for hydroxylation is 2. The second-order valence-electron chi connectivity index (χ2n) is 5.61. The van der Waals surface area contributed by atoms with Crippen LogP contribution in [0.5, 0.6) is 0 Å². The van der Waals surface area contributed by atoms with Gasteiger partial charge in [-0.2, -0.15) is 5.10 Å². The number of aromatic nitrogens is 2. The summed E-state index contributed by atoms with van der Waals surface area (Å²) in [6, 6.07) is 2.26. The van der Waals surface area contributed by atoms with Crippen LogP contribution >= 0.6 is 0 Å². The van der Waals surface area contributed by atoms with Crippen molar-refractivity contribution in [3.63, 3.8) is 0 Å². The minimum absolute atomic E-state index is 0.276. The minimum atomic E-state index is 0.276. The van der Waals surface area contributed by atoms with Gasteiger partial charge in [-0.15, -0.1) is 0 Å². The molecule has 3 heteroatoms. The second-order valence-corrected chi connectivity index (χ2v) is 5.61. The Morgan fingerprint density at radius 2 is 2.18 bits per heavy atom. The van der Waals surface area contributed by atoms with E-state index in [0.29, 0.717) is 0 Å². The number of hydrogen-bond acceptors (Lipinski definition) is 2. The van der Waals surface area contributed by atoms with Gasteiger partial charge < -0.3 is 5.73 Å². The average molecular weight is 235 g/mol. The van der Waals surface area contributed by atoms with E-state index in [0.717, 1.165) is 31.8 Å². The highest BCUT2D eigenvalue weighted by Gasteiger charge is 2.40. The molecule has 1 saturated carbocycles. The Kier molecular flexibility index (Phi) is 3.57. The van der Waals surface area contributed by atoms with Crippen molar-refractivity contribution in [3.8, 4) is 0 Å². The zero-order chi connectivity index (χ0) is 12.5. The van der Waals surface area contributed by atoms with Crippen LogP contribution in [0.15, 0.2) is 6.07 Å². The van der Waals surface area contributed by atoms with E-state index in [4.69, 9.17) is 5.73 Å². The van der Waals surface area contributed by atoms with Crippen molar-refractivity contribution < 1.29 is 0 Å². The topological polar surface area (TPSA) is 43.8 Å². The second kappa shape index (κ2) is 4.81.